The van der Waals surface area contributed by atoms with E-state index in [4.69, 9.17) is 9.40 Å². The predicted octanol–water partition coefficient (Wildman–Crippen LogP) is 5.01. The highest BCUT2D eigenvalue weighted by Crippen LogP contribution is 2.60. The van der Waals surface area contributed by atoms with Gasteiger partial charge < -0.3 is 9.40 Å². The average Bonchev–Trinajstić information content (AvgIpc) is 3.36. The second-order valence-corrected chi connectivity index (χ2v) is 12.3. The van der Waals surface area contributed by atoms with Gasteiger partial charge in [-0.2, -0.15) is 0 Å². The van der Waals surface area contributed by atoms with Gasteiger partial charge in [-0.1, -0.05) is 11.8 Å². The Morgan fingerprint density at radius 2 is 1.81 bits per heavy atom. The van der Waals surface area contributed by atoms with E-state index in [0.717, 1.165) is 46.7 Å². The van der Waals surface area contributed by atoms with Crippen molar-refractivity contribution in [2.45, 2.75) is 80.6 Å². The van der Waals surface area contributed by atoms with Crippen LogP contribution in [0.2, 0.25) is 0 Å². The first-order valence-corrected chi connectivity index (χ1v) is 13.5. The molecule has 0 unspecified atom stereocenters. The molecular weight excluding hydrogens is 428 g/mol. The summed E-state index contributed by atoms with van der Waals surface area (Å²) >= 11 is 3.18. The van der Waals surface area contributed by atoms with Crippen LogP contribution < -0.4 is 5.56 Å². The smallest absolute Gasteiger partial charge is 0.277 e. The Morgan fingerprint density at radius 3 is 2.58 bits per heavy atom. The van der Waals surface area contributed by atoms with Gasteiger partial charge in [-0.25, -0.2) is 4.98 Å². The number of H-pyrrole nitrogens is 1. The molecule has 162 valence electrons. The highest BCUT2D eigenvalue weighted by atomic mass is 32.2. The van der Waals surface area contributed by atoms with Gasteiger partial charge in [-0.3, -0.25) is 4.79 Å². The molecule has 0 saturated heterocycles. The Kier molecular flexibility index (Phi) is 4.20. The van der Waals surface area contributed by atoms with Gasteiger partial charge in [0.2, 0.25) is 5.89 Å². The molecule has 3 aromatic rings. The minimum atomic E-state index is -0.000199. The first-order valence-electron chi connectivity index (χ1n) is 11.7. The number of hydrogen-bond acceptors (Lipinski definition) is 7. The number of nitrogens with zero attached hydrogens (tertiary/aromatic N) is 3. The van der Waals surface area contributed by atoms with E-state index in [2.05, 4.69) is 15.2 Å². The average molecular weight is 455 g/mol. The topological polar surface area (TPSA) is 84.7 Å². The number of hydrogen-bond donors (Lipinski definition) is 1. The lowest BCUT2D eigenvalue weighted by molar-refractivity contribution is -0.0191. The van der Waals surface area contributed by atoms with Crippen molar-refractivity contribution in [2.75, 3.05) is 0 Å². The first-order chi connectivity index (χ1) is 15.1. The van der Waals surface area contributed by atoms with Crippen LogP contribution in [0.5, 0.6) is 0 Å². The largest absolute Gasteiger partial charge is 0.415 e. The monoisotopic (exact) mass is 454 g/mol. The second kappa shape index (κ2) is 6.91. The Bertz CT molecular complexity index is 1190. The maximum absolute atomic E-state index is 12.8. The first kappa shape index (κ1) is 18.9. The van der Waals surface area contributed by atoms with E-state index in [9.17, 15) is 4.79 Å². The van der Waals surface area contributed by atoms with Crippen molar-refractivity contribution in [3.05, 3.63) is 32.5 Å². The SMILES string of the molecule is O=c1[nH]c(CSc2nnc(C34CC5CC(CC(C5)C3)C4)o2)nc2sc3c(c12)CCCC3. The lowest BCUT2D eigenvalue weighted by atomic mass is 9.49. The maximum Gasteiger partial charge on any atom is 0.277 e. The normalized spacial score (nSPS) is 31.4. The van der Waals surface area contributed by atoms with Crippen LogP contribution in [0.25, 0.3) is 10.2 Å². The molecular formula is C23H26N4O2S2. The second-order valence-electron chi connectivity index (χ2n) is 10.3. The van der Waals surface area contributed by atoms with E-state index in [0.29, 0.717) is 16.8 Å². The molecule has 0 amide bonds. The molecule has 3 aromatic heterocycles. The van der Waals surface area contributed by atoms with Gasteiger partial charge >= 0.3 is 0 Å². The third kappa shape index (κ3) is 3.04. The number of aromatic nitrogens is 4. The Morgan fingerprint density at radius 1 is 1.06 bits per heavy atom. The summed E-state index contributed by atoms with van der Waals surface area (Å²) in [6, 6.07) is 0. The Hall–Kier alpha value is -1.67. The molecule has 0 radical (unpaired) electrons. The highest BCUT2D eigenvalue weighted by molar-refractivity contribution is 7.98. The third-order valence-electron chi connectivity index (χ3n) is 8.10. The summed E-state index contributed by atoms with van der Waals surface area (Å²) in [7, 11) is 0. The molecule has 0 spiro atoms. The quantitative estimate of drug-likeness (QED) is 0.558. The van der Waals surface area contributed by atoms with Crippen molar-refractivity contribution in [3.63, 3.8) is 0 Å². The summed E-state index contributed by atoms with van der Waals surface area (Å²) in [6.45, 7) is 0. The fourth-order valence-corrected chi connectivity index (χ4v) is 9.18. The molecule has 6 nitrogen and oxygen atoms in total. The number of aromatic amines is 1. The van der Waals surface area contributed by atoms with Crippen molar-refractivity contribution in [1.29, 1.82) is 0 Å². The molecule has 0 aliphatic heterocycles. The highest BCUT2D eigenvalue weighted by Gasteiger charge is 2.54. The van der Waals surface area contributed by atoms with Crippen LogP contribution in [0.3, 0.4) is 0 Å². The molecule has 5 aliphatic rings. The molecule has 0 atom stereocenters. The summed E-state index contributed by atoms with van der Waals surface area (Å²) in [6.07, 6.45) is 12.3. The van der Waals surface area contributed by atoms with Gasteiger partial charge in [0.1, 0.15) is 10.7 Å². The van der Waals surface area contributed by atoms with Gasteiger partial charge in [0.05, 0.1) is 11.1 Å². The Labute approximate surface area is 188 Å². The van der Waals surface area contributed by atoms with E-state index in [1.54, 1.807) is 11.3 Å². The van der Waals surface area contributed by atoms with E-state index < -0.39 is 0 Å². The van der Waals surface area contributed by atoms with E-state index in [1.807, 2.05) is 0 Å². The lowest BCUT2D eigenvalue weighted by Crippen LogP contribution is -2.48. The molecule has 4 fully saturated rings. The van der Waals surface area contributed by atoms with Gasteiger partial charge in [0.25, 0.3) is 10.8 Å². The fraction of sp³-hybridized carbons (Fsp3) is 0.652. The Balaban J connectivity index is 1.12. The number of thioether (sulfide) groups is 1. The van der Waals surface area contributed by atoms with Gasteiger partial charge in [0.15, 0.2) is 0 Å². The van der Waals surface area contributed by atoms with Gasteiger partial charge in [-0.05, 0) is 87.5 Å². The van der Waals surface area contributed by atoms with E-state index >= 15 is 0 Å². The fourth-order valence-electron chi connectivity index (χ4n) is 7.26. The van der Waals surface area contributed by atoms with Crippen LogP contribution in [0.1, 0.15) is 73.5 Å². The van der Waals surface area contributed by atoms with Crippen molar-refractivity contribution in [3.8, 4) is 0 Å². The molecule has 8 heteroatoms. The summed E-state index contributed by atoms with van der Waals surface area (Å²) in [4.78, 5) is 22.8. The van der Waals surface area contributed by atoms with Crippen LogP contribution in [0.4, 0.5) is 0 Å². The standard InChI is InChI=1S/C23H26N4O2S2/c28-19-18-15-3-1-2-4-16(15)31-20(18)25-17(24-19)11-30-22-27-26-21(29-22)23-8-12-5-13(9-23)7-14(6-12)10-23/h12-14H,1-11H2,(H,24,25,28). The van der Waals surface area contributed by atoms with Crippen molar-refractivity contribution < 1.29 is 4.42 Å². The molecule has 31 heavy (non-hydrogen) atoms. The predicted molar refractivity (Wildman–Crippen MR) is 121 cm³/mol. The number of rotatable bonds is 4. The lowest BCUT2D eigenvalue weighted by Gasteiger charge is -2.55. The number of nitrogens with one attached hydrogen (secondary N) is 1. The van der Waals surface area contributed by atoms with Gasteiger partial charge in [0, 0.05) is 10.3 Å². The van der Waals surface area contributed by atoms with Crippen LogP contribution in [0, 0.1) is 17.8 Å². The van der Waals surface area contributed by atoms with Crippen molar-refractivity contribution in [1.82, 2.24) is 20.2 Å². The number of fused-ring (bicyclic) bond motifs is 3. The zero-order valence-electron chi connectivity index (χ0n) is 17.5. The zero-order valence-corrected chi connectivity index (χ0v) is 19.1. The summed E-state index contributed by atoms with van der Waals surface area (Å²) in [5.41, 5.74) is 1.36. The summed E-state index contributed by atoms with van der Waals surface area (Å²) in [5, 5.41) is 10.3. The zero-order chi connectivity index (χ0) is 20.6. The van der Waals surface area contributed by atoms with Crippen LogP contribution in [-0.2, 0) is 24.0 Å². The minimum Gasteiger partial charge on any atom is -0.415 e. The minimum absolute atomic E-state index is 0.000199. The number of thiophene rings is 1. The molecule has 1 N–H and O–H groups in total. The maximum atomic E-state index is 12.8. The summed E-state index contributed by atoms with van der Waals surface area (Å²) in [5.74, 6) is 4.65. The molecule has 0 aromatic carbocycles. The van der Waals surface area contributed by atoms with Crippen molar-refractivity contribution in [2.24, 2.45) is 17.8 Å². The molecule has 4 bridgehead atoms. The van der Waals surface area contributed by atoms with E-state index in [-0.39, 0.29) is 11.0 Å². The third-order valence-corrected chi connectivity index (χ3v) is 10.1. The van der Waals surface area contributed by atoms with Crippen LogP contribution in [0.15, 0.2) is 14.4 Å². The molecule has 4 saturated carbocycles. The van der Waals surface area contributed by atoms with Crippen LogP contribution in [-0.4, -0.2) is 20.2 Å². The molecule has 8 rings (SSSR count). The molecule has 3 heterocycles. The van der Waals surface area contributed by atoms with Crippen molar-refractivity contribution >= 4 is 33.3 Å². The van der Waals surface area contributed by atoms with Gasteiger partial charge in [-0.15, -0.1) is 21.5 Å². The van der Waals surface area contributed by atoms with E-state index in [1.165, 1.54) is 73.6 Å². The van der Waals surface area contributed by atoms with Crippen LogP contribution >= 0.6 is 23.1 Å². The molecule has 5 aliphatic carbocycles. The number of aryl methyl sites for hydroxylation is 2. The summed E-state index contributed by atoms with van der Waals surface area (Å²) < 4.78 is 6.20.